The van der Waals surface area contributed by atoms with Gasteiger partial charge in [-0.25, -0.2) is 0 Å². The van der Waals surface area contributed by atoms with E-state index in [-0.39, 0.29) is 18.3 Å². The second kappa shape index (κ2) is 11.1. The standard InChI is InChI=1S/C24H24ClN5O2S2/c1-3-10-30-21(13-32-19-11-15(2)8-9-18(19)25)28-29-24(30)33-14-22(31)27-23-17(12-26)16-6-4-5-7-20(16)34-23/h3,8-9,11H,1,4-7,10,13-14H2,2H3,(H,27,31). The maximum absolute atomic E-state index is 12.7. The first-order chi connectivity index (χ1) is 16.5. The monoisotopic (exact) mass is 513 g/mol. The summed E-state index contributed by atoms with van der Waals surface area (Å²) < 4.78 is 7.73. The number of nitrogens with zero attached hydrogens (tertiary/aromatic N) is 4. The zero-order valence-corrected chi connectivity index (χ0v) is 21.2. The highest BCUT2D eigenvalue weighted by molar-refractivity contribution is 7.99. The predicted molar refractivity (Wildman–Crippen MR) is 136 cm³/mol. The number of hydrogen-bond donors (Lipinski definition) is 1. The molecule has 0 atom stereocenters. The van der Waals surface area contributed by atoms with Gasteiger partial charge in [0.15, 0.2) is 11.0 Å². The predicted octanol–water partition coefficient (Wildman–Crippen LogP) is 5.55. The van der Waals surface area contributed by atoms with Crippen LogP contribution in [0.5, 0.6) is 5.75 Å². The first-order valence-corrected chi connectivity index (χ1v) is 13.1. The molecule has 0 unspecified atom stereocenters. The number of fused-ring (bicyclic) bond motifs is 1. The lowest BCUT2D eigenvalue weighted by Crippen LogP contribution is -2.15. The van der Waals surface area contributed by atoms with Crippen molar-refractivity contribution in [2.75, 3.05) is 11.1 Å². The second-order valence-corrected chi connectivity index (χ2v) is 10.3. The van der Waals surface area contributed by atoms with Gasteiger partial charge in [0, 0.05) is 11.4 Å². The number of halogens is 1. The molecule has 176 valence electrons. The third-order valence-corrected chi connectivity index (χ3v) is 7.90. The molecule has 1 aliphatic carbocycles. The molecule has 0 aliphatic heterocycles. The number of thioether (sulfide) groups is 1. The number of aromatic nitrogens is 3. The zero-order valence-electron chi connectivity index (χ0n) is 18.8. The van der Waals surface area contributed by atoms with Crippen LogP contribution in [-0.4, -0.2) is 26.4 Å². The molecule has 1 N–H and O–H groups in total. The average molecular weight is 514 g/mol. The summed E-state index contributed by atoms with van der Waals surface area (Å²) in [5.74, 6) is 1.15. The van der Waals surface area contributed by atoms with Crippen LogP contribution in [0.1, 0.15) is 40.2 Å². The molecule has 1 aromatic carbocycles. The molecule has 0 radical (unpaired) electrons. The highest BCUT2D eigenvalue weighted by Crippen LogP contribution is 2.37. The maximum Gasteiger partial charge on any atom is 0.235 e. The Morgan fingerprint density at radius 3 is 3.03 bits per heavy atom. The van der Waals surface area contributed by atoms with Gasteiger partial charge >= 0.3 is 0 Å². The number of carbonyl (C=O) groups excluding carboxylic acids is 1. The molecule has 3 aromatic rings. The molecule has 2 heterocycles. The minimum absolute atomic E-state index is 0.146. The fourth-order valence-electron chi connectivity index (χ4n) is 3.77. The van der Waals surface area contributed by atoms with Crippen molar-refractivity contribution >= 4 is 45.6 Å². The van der Waals surface area contributed by atoms with Crippen molar-refractivity contribution < 1.29 is 9.53 Å². The zero-order chi connectivity index (χ0) is 24.1. The molecule has 7 nitrogen and oxygen atoms in total. The van der Waals surface area contributed by atoms with Crippen molar-refractivity contribution in [2.24, 2.45) is 0 Å². The SMILES string of the molecule is C=CCn1c(COc2cc(C)ccc2Cl)nnc1SCC(=O)Nc1sc2c(c1C#N)CCCC2. The number of benzene rings is 1. The Hall–Kier alpha value is -2.80. The lowest BCUT2D eigenvalue weighted by molar-refractivity contribution is -0.113. The van der Waals surface area contributed by atoms with Crippen molar-refractivity contribution in [1.82, 2.24) is 14.8 Å². The summed E-state index contributed by atoms with van der Waals surface area (Å²) in [4.78, 5) is 13.9. The quantitative estimate of drug-likeness (QED) is 0.298. The number of nitriles is 1. The second-order valence-electron chi connectivity index (χ2n) is 7.88. The molecule has 1 amide bonds. The van der Waals surface area contributed by atoms with Crippen molar-refractivity contribution in [2.45, 2.75) is 50.9 Å². The number of ether oxygens (including phenoxy) is 1. The molecule has 0 saturated heterocycles. The van der Waals surface area contributed by atoms with Crippen LogP contribution in [0.4, 0.5) is 5.00 Å². The molecule has 4 rings (SSSR count). The Morgan fingerprint density at radius 2 is 2.24 bits per heavy atom. The molecule has 0 fully saturated rings. The van der Waals surface area contributed by atoms with E-state index in [1.54, 1.807) is 12.1 Å². The number of anilines is 1. The largest absolute Gasteiger partial charge is 0.484 e. The number of allylic oxidation sites excluding steroid dienone is 1. The Bertz CT molecular complexity index is 1260. The van der Waals surface area contributed by atoms with E-state index in [2.05, 4.69) is 28.2 Å². The van der Waals surface area contributed by atoms with Crippen LogP contribution in [0.15, 0.2) is 36.0 Å². The molecule has 0 bridgehead atoms. The number of thiophene rings is 1. The summed E-state index contributed by atoms with van der Waals surface area (Å²) in [6.45, 7) is 6.44. The lowest BCUT2D eigenvalue weighted by atomic mass is 9.96. The van der Waals surface area contributed by atoms with Crippen LogP contribution in [0, 0.1) is 18.3 Å². The van der Waals surface area contributed by atoms with Gasteiger partial charge < -0.3 is 10.1 Å². The smallest absolute Gasteiger partial charge is 0.235 e. The number of nitrogens with one attached hydrogen (secondary N) is 1. The summed E-state index contributed by atoms with van der Waals surface area (Å²) in [7, 11) is 0. The molecule has 2 aromatic heterocycles. The van der Waals surface area contributed by atoms with Crippen molar-refractivity contribution in [3.8, 4) is 11.8 Å². The fourth-order valence-corrected chi connectivity index (χ4v) is 5.97. The highest BCUT2D eigenvalue weighted by atomic mass is 35.5. The Balaban J connectivity index is 1.41. The molecule has 0 saturated carbocycles. The van der Waals surface area contributed by atoms with Crippen LogP contribution < -0.4 is 10.1 Å². The number of hydrogen-bond acceptors (Lipinski definition) is 7. The van der Waals surface area contributed by atoms with Crippen LogP contribution in [0.2, 0.25) is 5.02 Å². The minimum Gasteiger partial charge on any atom is -0.484 e. The van der Waals surface area contributed by atoms with Gasteiger partial charge in [0.2, 0.25) is 5.91 Å². The Kier molecular flexibility index (Phi) is 7.93. The summed E-state index contributed by atoms with van der Waals surface area (Å²) in [5.41, 5.74) is 2.76. The normalized spacial score (nSPS) is 12.6. The van der Waals surface area contributed by atoms with Crippen LogP contribution >= 0.6 is 34.7 Å². The van der Waals surface area contributed by atoms with Gasteiger partial charge in [0.1, 0.15) is 23.4 Å². The number of rotatable bonds is 9. The van der Waals surface area contributed by atoms with Gasteiger partial charge in [-0.15, -0.1) is 28.1 Å². The van der Waals surface area contributed by atoms with E-state index in [1.807, 2.05) is 23.6 Å². The molecular formula is C24H24ClN5O2S2. The Labute approximate surface area is 211 Å². The Morgan fingerprint density at radius 1 is 1.41 bits per heavy atom. The fraction of sp³-hybridized carbons (Fsp3) is 0.333. The summed E-state index contributed by atoms with van der Waals surface area (Å²) in [6, 6.07) is 7.86. The average Bonchev–Trinajstić information content (AvgIpc) is 3.38. The van der Waals surface area contributed by atoms with Gasteiger partial charge in [0.05, 0.1) is 16.3 Å². The number of carbonyl (C=O) groups is 1. The third-order valence-electron chi connectivity index (χ3n) is 5.42. The van der Waals surface area contributed by atoms with E-state index in [0.29, 0.717) is 38.9 Å². The lowest BCUT2D eigenvalue weighted by Gasteiger charge is -2.10. The molecule has 10 heteroatoms. The van der Waals surface area contributed by atoms with E-state index >= 15 is 0 Å². The number of amides is 1. The molecular weight excluding hydrogens is 490 g/mol. The van der Waals surface area contributed by atoms with Crippen LogP contribution in [0.25, 0.3) is 0 Å². The molecule has 34 heavy (non-hydrogen) atoms. The van der Waals surface area contributed by atoms with E-state index in [9.17, 15) is 10.1 Å². The van der Waals surface area contributed by atoms with Gasteiger partial charge in [0.25, 0.3) is 0 Å². The van der Waals surface area contributed by atoms with E-state index in [1.165, 1.54) is 28.0 Å². The van der Waals surface area contributed by atoms with Gasteiger partial charge in [-0.05, 0) is 55.9 Å². The van der Waals surface area contributed by atoms with Crippen LogP contribution in [0.3, 0.4) is 0 Å². The van der Waals surface area contributed by atoms with Crippen molar-refractivity contribution in [1.29, 1.82) is 5.26 Å². The number of aryl methyl sites for hydroxylation is 2. The van der Waals surface area contributed by atoms with Crippen molar-refractivity contribution in [3.05, 3.63) is 63.3 Å². The van der Waals surface area contributed by atoms with Gasteiger partial charge in [-0.3, -0.25) is 9.36 Å². The molecule has 1 aliphatic rings. The summed E-state index contributed by atoms with van der Waals surface area (Å²) in [6.07, 6.45) is 5.84. The van der Waals surface area contributed by atoms with E-state index < -0.39 is 0 Å². The summed E-state index contributed by atoms with van der Waals surface area (Å²) in [5, 5.41) is 22.8. The summed E-state index contributed by atoms with van der Waals surface area (Å²) >= 11 is 9.02. The van der Waals surface area contributed by atoms with Gasteiger partial charge in [-0.1, -0.05) is 35.5 Å². The van der Waals surface area contributed by atoms with Crippen LogP contribution in [-0.2, 0) is 30.8 Å². The topological polar surface area (TPSA) is 92.8 Å². The molecule has 0 spiro atoms. The highest BCUT2D eigenvalue weighted by Gasteiger charge is 2.22. The van der Waals surface area contributed by atoms with E-state index in [0.717, 1.165) is 36.8 Å². The minimum atomic E-state index is -0.183. The first-order valence-electron chi connectivity index (χ1n) is 10.9. The third kappa shape index (κ3) is 5.46. The first kappa shape index (κ1) is 24.3. The van der Waals surface area contributed by atoms with E-state index in [4.69, 9.17) is 16.3 Å². The van der Waals surface area contributed by atoms with Gasteiger partial charge in [-0.2, -0.15) is 5.26 Å². The van der Waals surface area contributed by atoms with Crippen molar-refractivity contribution in [3.63, 3.8) is 0 Å². The maximum atomic E-state index is 12.7.